The summed E-state index contributed by atoms with van der Waals surface area (Å²) in [5.41, 5.74) is 0. The third kappa shape index (κ3) is 6.38. The van der Waals surface area contributed by atoms with Crippen molar-refractivity contribution in [3.8, 4) is 0 Å². The summed E-state index contributed by atoms with van der Waals surface area (Å²) in [6, 6.07) is 0. The molecule has 48 valence electrons. The average molecular weight is 151 g/mol. The summed E-state index contributed by atoms with van der Waals surface area (Å²) in [6.45, 7) is 5.73. The van der Waals surface area contributed by atoms with Gasteiger partial charge in [0.1, 0.15) is 0 Å². The van der Waals surface area contributed by atoms with Gasteiger partial charge in [-0.2, -0.15) is 11.8 Å². The number of hydrogen-bond acceptors (Lipinski definition) is 1. The molecule has 8 heavy (non-hydrogen) atoms. The van der Waals surface area contributed by atoms with E-state index in [1.165, 1.54) is 12.2 Å². The molecule has 0 aliphatic carbocycles. The number of rotatable bonds is 4. The van der Waals surface area contributed by atoms with Crippen LogP contribution in [0.25, 0.3) is 0 Å². The minimum atomic E-state index is 0.753. The first-order chi connectivity index (χ1) is 3.77. The minimum Gasteiger partial charge on any atom is -0.156 e. The Labute approximate surface area is 60.3 Å². The van der Waals surface area contributed by atoms with Gasteiger partial charge < -0.3 is 0 Å². The van der Waals surface area contributed by atoms with Gasteiger partial charge in [0, 0.05) is 10.8 Å². The van der Waals surface area contributed by atoms with Crippen molar-refractivity contribution >= 4 is 23.4 Å². The maximum absolute atomic E-state index is 5.50. The predicted octanol–water partition coefficient (Wildman–Crippen LogP) is 2.88. The molecule has 0 N–H and O–H groups in total. The quantitative estimate of drug-likeness (QED) is 0.556. The lowest BCUT2D eigenvalue weighted by atomic mass is 10.6. The molecule has 0 unspecified atom stereocenters. The Kier molecular flexibility index (Phi) is 5.78. The van der Waals surface area contributed by atoms with Crippen LogP contribution in [0.5, 0.6) is 0 Å². The van der Waals surface area contributed by atoms with E-state index in [4.69, 9.17) is 11.6 Å². The fraction of sp³-hybridized carbons (Fsp3) is 0.667. The first-order valence-corrected chi connectivity index (χ1v) is 4.21. The van der Waals surface area contributed by atoms with Crippen LogP contribution in [0.4, 0.5) is 0 Å². The van der Waals surface area contributed by atoms with Crippen LogP contribution in [0.3, 0.4) is 0 Å². The second-order valence-corrected chi connectivity index (χ2v) is 3.21. The molecule has 0 aromatic heterocycles. The molecule has 0 aromatic carbocycles. The minimum absolute atomic E-state index is 0.753. The smallest absolute Gasteiger partial charge is 0.0286 e. The third-order valence-electron chi connectivity index (χ3n) is 0.607. The molecule has 0 amide bonds. The van der Waals surface area contributed by atoms with E-state index in [2.05, 4.69) is 13.5 Å². The van der Waals surface area contributed by atoms with Gasteiger partial charge in [-0.05, 0) is 12.2 Å². The first kappa shape index (κ1) is 8.38. The van der Waals surface area contributed by atoms with Crippen molar-refractivity contribution in [2.75, 3.05) is 11.5 Å². The van der Waals surface area contributed by atoms with Gasteiger partial charge >= 0.3 is 0 Å². The lowest BCUT2D eigenvalue weighted by molar-refractivity contribution is 1.11. The maximum atomic E-state index is 5.50. The maximum Gasteiger partial charge on any atom is 0.0286 e. The highest BCUT2D eigenvalue weighted by molar-refractivity contribution is 7.99. The van der Waals surface area contributed by atoms with Gasteiger partial charge in [0.25, 0.3) is 0 Å². The Morgan fingerprint density at radius 2 is 2.38 bits per heavy atom. The lowest BCUT2D eigenvalue weighted by Gasteiger charge is -1.93. The zero-order valence-electron chi connectivity index (χ0n) is 5.11. The van der Waals surface area contributed by atoms with Crippen molar-refractivity contribution in [2.45, 2.75) is 13.3 Å². The summed E-state index contributed by atoms with van der Waals surface area (Å²) in [4.78, 5) is 0. The van der Waals surface area contributed by atoms with E-state index in [-0.39, 0.29) is 0 Å². The van der Waals surface area contributed by atoms with Crippen molar-refractivity contribution in [2.24, 2.45) is 0 Å². The van der Waals surface area contributed by atoms with Crippen molar-refractivity contribution in [3.63, 3.8) is 0 Å². The number of halogens is 1. The molecule has 0 spiro atoms. The van der Waals surface area contributed by atoms with Gasteiger partial charge in [0.2, 0.25) is 0 Å². The summed E-state index contributed by atoms with van der Waals surface area (Å²) in [7, 11) is 0. The van der Waals surface area contributed by atoms with E-state index in [0.29, 0.717) is 0 Å². The molecule has 0 saturated heterocycles. The molecule has 0 saturated carbocycles. The molecule has 0 heterocycles. The van der Waals surface area contributed by atoms with Crippen LogP contribution in [0.15, 0.2) is 11.6 Å². The molecule has 2 heteroatoms. The van der Waals surface area contributed by atoms with Gasteiger partial charge in [-0.1, -0.05) is 25.1 Å². The summed E-state index contributed by atoms with van der Waals surface area (Å²) in [5.74, 6) is 2.08. The molecule has 0 rings (SSSR count). The Morgan fingerprint density at radius 3 is 2.75 bits per heavy atom. The van der Waals surface area contributed by atoms with Gasteiger partial charge in [0.15, 0.2) is 0 Å². The zero-order chi connectivity index (χ0) is 6.41. The SMILES string of the molecule is C=C(Cl)CSCCC. The second-order valence-electron chi connectivity index (χ2n) is 1.57. The Morgan fingerprint density at radius 1 is 1.75 bits per heavy atom. The molecule has 0 bridgehead atoms. The normalized spacial score (nSPS) is 9.25. The highest BCUT2D eigenvalue weighted by Gasteiger charge is 1.86. The van der Waals surface area contributed by atoms with E-state index in [0.717, 1.165) is 10.8 Å². The van der Waals surface area contributed by atoms with Gasteiger partial charge in [-0.15, -0.1) is 0 Å². The molecule has 0 aliphatic rings. The van der Waals surface area contributed by atoms with Crippen LogP contribution < -0.4 is 0 Å². The summed E-state index contributed by atoms with van der Waals surface area (Å²) in [6.07, 6.45) is 1.22. The lowest BCUT2D eigenvalue weighted by Crippen LogP contribution is -1.78. The van der Waals surface area contributed by atoms with Crippen LogP contribution in [-0.4, -0.2) is 11.5 Å². The zero-order valence-corrected chi connectivity index (χ0v) is 6.69. The standard InChI is InChI=1S/C6H11ClS/c1-3-4-8-5-6(2)7/h2-5H2,1H3. The molecule has 0 nitrogen and oxygen atoms in total. The largest absolute Gasteiger partial charge is 0.156 e. The van der Waals surface area contributed by atoms with E-state index >= 15 is 0 Å². The highest BCUT2D eigenvalue weighted by atomic mass is 35.5. The third-order valence-corrected chi connectivity index (χ3v) is 2.15. The van der Waals surface area contributed by atoms with E-state index in [9.17, 15) is 0 Å². The van der Waals surface area contributed by atoms with Gasteiger partial charge in [-0.3, -0.25) is 0 Å². The molecular weight excluding hydrogens is 140 g/mol. The van der Waals surface area contributed by atoms with Crippen LogP contribution >= 0.6 is 23.4 Å². The predicted molar refractivity (Wildman–Crippen MR) is 42.6 cm³/mol. The van der Waals surface area contributed by atoms with E-state index < -0.39 is 0 Å². The summed E-state index contributed by atoms with van der Waals surface area (Å²) >= 11 is 7.33. The van der Waals surface area contributed by atoms with Gasteiger partial charge in [-0.25, -0.2) is 0 Å². The number of thioether (sulfide) groups is 1. The van der Waals surface area contributed by atoms with Crippen LogP contribution in [-0.2, 0) is 0 Å². The Balaban J connectivity index is 2.82. The molecule has 0 radical (unpaired) electrons. The van der Waals surface area contributed by atoms with E-state index in [1.54, 1.807) is 0 Å². The molecular formula is C6H11ClS. The van der Waals surface area contributed by atoms with Crippen LogP contribution in [0.2, 0.25) is 0 Å². The highest BCUT2D eigenvalue weighted by Crippen LogP contribution is 2.09. The molecule has 0 fully saturated rings. The van der Waals surface area contributed by atoms with Crippen LogP contribution in [0.1, 0.15) is 13.3 Å². The van der Waals surface area contributed by atoms with Crippen molar-refractivity contribution in [1.82, 2.24) is 0 Å². The monoisotopic (exact) mass is 150 g/mol. The molecule has 0 aromatic rings. The Bertz CT molecular complexity index is 70.9. The van der Waals surface area contributed by atoms with Crippen molar-refractivity contribution < 1.29 is 0 Å². The fourth-order valence-electron chi connectivity index (χ4n) is 0.327. The number of hydrogen-bond donors (Lipinski definition) is 0. The topological polar surface area (TPSA) is 0 Å². The van der Waals surface area contributed by atoms with Crippen molar-refractivity contribution in [1.29, 1.82) is 0 Å². The second kappa shape index (κ2) is 5.52. The van der Waals surface area contributed by atoms with Gasteiger partial charge in [0.05, 0.1) is 0 Å². The Hall–Kier alpha value is 0.380. The average Bonchev–Trinajstić information content (AvgIpc) is 1.66. The fourth-order valence-corrected chi connectivity index (χ4v) is 1.21. The summed E-state index contributed by atoms with van der Waals surface area (Å²) in [5, 5.41) is 0.753. The van der Waals surface area contributed by atoms with Crippen LogP contribution in [0, 0.1) is 0 Å². The first-order valence-electron chi connectivity index (χ1n) is 2.68. The summed E-state index contributed by atoms with van der Waals surface area (Å²) < 4.78 is 0. The van der Waals surface area contributed by atoms with Crippen molar-refractivity contribution in [3.05, 3.63) is 11.6 Å². The molecule has 0 atom stereocenters. The van der Waals surface area contributed by atoms with E-state index in [1.807, 2.05) is 11.8 Å². The molecule has 0 aliphatic heterocycles.